The largest absolute Gasteiger partial charge is 0.352 e. The van der Waals surface area contributed by atoms with Crippen LogP contribution in [0.25, 0.3) is 0 Å². The second kappa shape index (κ2) is 6.69. The van der Waals surface area contributed by atoms with Gasteiger partial charge in [0.1, 0.15) is 0 Å². The summed E-state index contributed by atoms with van der Waals surface area (Å²) in [5, 5.41) is 9.10. The van der Waals surface area contributed by atoms with Crippen LogP contribution in [0.3, 0.4) is 0 Å². The molecule has 1 saturated carbocycles. The average molecular weight is 295 g/mol. The molecule has 20 heavy (non-hydrogen) atoms. The molecule has 0 bridgehead atoms. The van der Waals surface area contributed by atoms with Crippen molar-refractivity contribution in [2.45, 2.75) is 32.4 Å². The lowest BCUT2D eigenvalue weighted by Crippen LogP contribution is -2.44. The lowest BCUT2D eigenvalue weighted by atomic mass is 10.4. The number of aliphatic imine (C=N–C) groups is 1. The van der Waals surface area contributed by atoms with Gasteiger partial charge in [0.25, 0.3) is 0 Å². The molecular formula is C13H21N5OS. The Kier molecular flexibility index (Phi) is 4.94. The van der Waals surface area contributed by atoms with E-state index in [4.69, 9.17) is 0 Å². The predicted octanol–water partition coefficient (Wildman–Crippen LogP) is 0.737. The highest BCUT2D eigenvalue weighted by Crippen LogP contribution is 2.18. The Morgan fingerprint density at radius 3 is 2.90 bits per heavy atom. The summed E-state index contributed by atoms with van der Waals surface area (Å²) in [6.07, 6.45) is 2.20. The van der Waals surface area contributed by atoms with Crippen LogP contribution in [-0.4, -0.2) is 48.4 Å². The summed E-state index contributed by atoms with van der Waals surface area (Å²) < 4.78 is 0. The van der Waals surface area contributed by atoms with Gasteiger partial charge in [0, 0.05) is 25.5 Å². The van der Waals surface area contributed by atoms with Crippen molar-refractivity contribution in [3.05, 3.63) is 16.1 Å². The molecule has 0 aromatic carbocycles. The number of thiazole rings is 1. The zero-order valence-electron chi connectivity index (χ0n) is 12.1. The van der Waals surface area contributed by atoms with E-state index < -0.39 is 0 Å². The molecular weight excluding hydrogens is 274 g/mol. The van der Waals surface area contributed by atoms with Crippen LogP contribution in [0.5, 0.6) is 0 Å². The van der Waals surface area contributed by atoms with Crippen molar-refractivity contribution in [1.29, 1.82) is 0 Å². The highest BCUT2D eigenvalue weighted by molar-refractivity contribution is 7.09. The zero-order chi connectivity index (χ0) is 14.5. The number of carbonyl (C=O) groups is 1. The first-order chi connectivity index (χ1) is 9.58. The van der Waals surface area contributed by atoms with Crippen molar-refractivity contribution in [3.8, 4) is 0 Å². The van der Waals surface area contributed by atoms with Gasteiger partial charge in [-0.1, -0.05) is 0 Å². The number of carbonyl (C=O) groups excluding carboxylic acids is 1. The number of amides is 1. The quantitative estimate of drug-likeness (QED) is 0.621. The minimum Gasteiger partial charge on any atom is -0.352 e. The van der Waals surface area contributed by atoms with Crippen molar-refractivity contribution in [2.24, 2.45) is 4.99 Å². The highest BCUT2D eigenvalue weighted by Gasteiger charge is 2.23. The minimum absolute atomic E-state index is 0.0200. The molecule has 110 valence electrons. The van der Waals surface area contributed by atoms with E-state index in [-0.39, 0.29) is 12.5 Å². The normalized spacial score (nSPS) is 15.1. The van der Waals surface area contributed by atoms with Crippen LogP contribution in [0.1, 0.15) is 23.5 Å². The van der Waals surface area contributed by atoms with Crippen molar-refractivity contribution in [2.75, 3.05) is 20.6 Å². The smallest absolute Gasteiger partial charge is 0.239 e. The fourth-order valence-corrected chi connectivity index (χ4v) is 2.45. The number of nitrogens with zero attached hydrogens (tertiary/aromatic N) is 3. The van der Waals surface area contributed by atoms with Gasteiger partial charge in [0.2, 0.25) is 5.91 Å². The molecule has 1 aromatic heterocycles. The van der Waals surface area contributed by atoms with Gasteiger partial charge >= 0.3 is 0 Å². The maximum Gasteiger partial charge on any atom is 0.239 e. The van der Waals surface area contributed by atoms with E-state index in [9.17, 15) is 4.79 Å². The molecule has 2 rings (SSSR count). The van der Waals surface area contributed by atoms with Gasteiger partial charge in [-0.2, -0.15) is 0 Å². The van der Waals surface area contributed by atoms with E-state index in [1.807, 2.05) is 24.3 Å². The van der Waals surface area contributed by atoms with E-state index in [2.05, 4.69) is 20.6 Å². The van der Waals surface area contributed by atoms with Gasteiger partial charge in [-0.15, -0.1) is 11.3 Å². The summed E-state index contributed by atoms with van der Waals surface area (Å²) in [5.41, 5.74) is 1.01. The van der Waals surface area contributed by atoms with E-state index in [0.29, 0.717) is 18.5 Å². The maximum absolute atomic E-state index is 11.6. The number of hydrogen-bond donors (Lipinski definition) is 2. The molecule has 0 spiro atoms. The highest BCUT2D eigenvalue weighted by atomic mass is 32.1. The van der Waals surface area contributed by atoms with Gasteiger partial charge in [0.05, 0.1) is 23.8 Å². The van der Waals surface area contributed by atoms with E-state index >= 15 is 0 Å². The Morgan fingerprint density at radius 1 is 1.60 bits per heavy atom. The van der Waals surface area contributed by atoms with E-state index in [1.54, 1.807) is 18.4 Å². The molecule has 1 aliphatic carbocycles. The molecule has 6 nitrogen and oxygen atoms in total. The predicted molar refractivity (Wildman–Crippen MR) is 80.8 cm³/mol. The van der Waals surface area contributed by atoms with Gasteiger partial charge in [0.15, 0.2) is 5.96 Å². The first-order valence-electron chi connectivity index (χ1n) is 6.70. The number of aromatic nitrogens is 1. The van der Waals surface area contributed by atoms with Crippen LogP contribution in [0, 0.1) is 6.92 Å². The second-order valence-corrected chi connectivity index (χ2v) is 6.02. The molecule has 0 aliphatic heterocycles. The number of aryl methyl sites for hydroxylation is 1. The number of hydrogen-bond acceptors (Lipinski definition) is 4. The molecule has 1 heterocycles. The first kappa shape index (κ1) is 14.8. The fourth-order valence-electron chi connectivity index (χ4n) is 1.85. The molecule has 0 saturated heterocycles. The van der Waals surface area contributed by atoms with E-state index in [0.717, 1.165) is 23.5 Å². The summed E-state index contributed by atoms with van der Waals surface area (Å²) in [6, 6.07) is 0.391. The molecule has 1 amide bonds. The van der Waals surface area contributed by atoms with Crippen LogP contribution >= 0.6 is 11.3 Å². The second-order valence-electron chi connectivity index (χ2n) is 4.96. The molecule has 1 aromatic rings. The molecule has 7 heteroatoms. The lowest BCUT2D eigenvalue weighted by Gasteiger charge is -2.21. The van der Waals surface area contributed by atoms with Crippen LogP contribution in [0.15, 0.2) is 10.4 Å². The summed E-state index contributed by atoms with van der Waals surface area (Å²) in [7, 11) is 3.65. The first-order valence-corrected chi connectivity index (χ1v) is 7.58. The third kappa shape index (κ3) is 4.48. The standard InChI is InChI=1S/C13H21N5OS/c1-9-16-11(8-20-9)7-18(3)13(14-2)15-6-12(19)17-10-4-5-10/h8,10H,4-7H2,1-3H3,(H,14,15)(H,17,19). The van der Waals surface area contributed by atoms with Gasteiger partial charge in [-0.05, 0) is 19.8 Å². The Labute approximate surface area is 123 Å². The number of guanidine groups is 1. The Morgan fingerprint density at radius 2 is 2.35 bits per heavy atom. The average Bonchev–Trinajstić information content (AvgIpc) is 3.12. The Bertz CT molecular complexity index is 495. The van der Waals surface area contributed by atoms with Gasteiger partial charge in [-0.3, -0.25) is 9.79 Å². The van der Waals surface area contributed by atoms with Crippen molar-refractivity contribution in [1.82, 2.24) is 20.5 Å². The minimum atomic E-state index is 0.0200. The lowest BCUT2D eigenvalue weighted by molar-refractivity contribution is -0.120. The van der Waals surface area contributed by atoms with Crippen LogP contribution in [-0.2, 0) is 11.3 Å². The van der Waals surface area contributed by atoms with Crippen molar-refractivity contribution in [3.63, 3.8) is 0 Å². The van der Waals surface area contributed by atoms with Crippen LogP contribution in [0.2, 0.25) is 0 Å². The summed E-state index contributed by atoms with van der Waals surface area (Å²) in [6.45, 7) is 2.92. The molecule has 2 N–H and O–H groups in total. The van der Waals surface area contributed by atoms with E-state index in [1.165, 1.54) is 0 Å². The summed E-state index contributed by atoms with van der Waals surface area (Å²) in [5.74, 6) is 0.716. The maximum atomic E-state index is 11.6. The molecule has 0 atom stereocenters. The Hall–Kier alpha value is -1.63. The van der Waals surface area contributed by atoms with Crippen LogP contribution < -0.4 is 10.6 Å². The van der Waals surface area contributed by atoms with Crippen LogP contribution in [0.4, 0.5) is 0 Å². The van der Waals surface area contributed by atoms with Gasteiger partial charge in [-0.25, -0.2) is 4.98 Å². The number of nitrogens with one attached hydrogen (secondary N) is 2. The SMILES string of the molecule is CN=C(NCC(=O)NC1CC1)N(C)Cc1csc(C)n1. The molecule has 0 radical (unpaired) electrons. The molecule has 1 fully saturated rings. The summed E-state index contributed by atoms with van der Waals surface area (Å²) in [4.78, 5) is 22.2. The van der Waals surface area contributed by atoms with Crippen molar-refractivity contribution < 1.29 is 4.79 Å². The zero-order valence-corrected chi connectivity index (χ0v) is 13.0. The monoisotopic (exact) mass is 295 g/mol. The Balaban J connectivity index is 1.79. The van der Waals surface area contributed by atoms with Crippen molar-refractivity contribution >= 4 is 23.2 Å². The fraction of sp³-hybridized carbons (Fsp3) is 0.615. The van der Waals surface area contributed by atoms with Gasteiger partial charge < -0.3 is 15.5 Å². The third-order valence-electron chi connectivity index (χ3n) is 2.99. The molecule has 0 unspecified atom stereocenters. The topological polar surface area (TPSA) is 69.6 Å². The molecule has 1 aliphatic rings. The summed E-state index contributed by atoms with van der Waals surface area (Å²) >= 11 is 1.64. The third-order valence-corrected chi connectivity index (χ3v) is 3.81. The number of rotatable bonds is 5.